The Kier molecular flexibility index (Phi) is 7.00. The minimum Gasteiger partial charge on any atom is -0.376 e. The van der Waals surface area contributed by atoms with Gasteiger partial charge in [0.25, 0.3) is 0 Å². The van der Waals surface area contributed by atoms with Crippen molar-refractivity contribution in [1.29, 1.82) is 0 Å². The van der Waals surface area contributed by atoms with Crippen molar-refractivity contribution in [3.63, 3.8) is 0 Å². The van der Waals surface area contributed by atoms with Crippen LogP contribution < -0.4 is 16.0 Å². The SMILES string of the molecule is Cc1ccc(NC(=O)CNc2ccc(NC(=O)CCc3ccccc3)cc2)cc1. The summed E-state index contributed by atoms with van der Waals surface area (Å²) < 4.78 is 0. The monoisotopic (exact) mass is 387 g/mol. The number of hydrogen-bond acceptors (Lipinski definition) is 3. The molecule has 148 valence electrons. The highest BCUT2D eigenvalue weighted by molar-refractivity contribution is 5.94. The molecule has 0 heterocycles. The Morgan fingerprint density at radius 2 is 1.24 bits per heavy atom. The lowest BCUT2D eigenvalue weighted by molar-refractivity contribution is -0.116. The summed E-state index contributed by atoms with van der Waals surface area (Å²) >= 11 is 0. The number of hydrogen-bond donors (Lipinski definition) is 3. The summed E-state index contributed by atoms with van der Waals surface area (Å²) in [6.07, 6.45) is 1.14. The van der Waals surface area contributed by atoms with Gasteiger partial charge < -0.3 is 16.0 Å². The topological polar surface area (TPSA) is 70.2 Å². The summed E-state index contributed by atoms with van der Waals surface area (Å²) in [5, 5.41) is 8.82. The molecule has 0 fully saturated rings. The molecule has 0 atom stereocenters. The Hall–Kier alpha value is -3.60. The second-order valence-corrected chi connectivity index (χ2v) is 6.88. The van der Waals surface area contributed by atoms with E-state index in [4.69, 9.17) is 0 Å². The predicted octanol–water partition coefficient (Wildman–Crippen LogP) is 4.62. The summed E-state index contributed by atoms with van der Waals surface area (Å²) in [5.74, 6) is -0.140. The van der Waals surface area contributed by atoms with Crippen molar-refractivity contribution in [2.45, 2.75) is 19.8 Å². The summed E-state index contributed by atoms with van der Waals surface area (Å²) in [6, 6.07) is 24.9. The largest absolute Gasteiger partial charge is 0.376 e. The first-order chi connectivity index (χ1) is 14.1. The summed E-state index contributed by atoms with van der Waals surface area (Å²) in [6.45, 7) is 2.17. The second-order valence-electron chi connectivity index (χ2n) is 6.88. The Balaban J connectivity index is 1.41. The highest BCUT2D eigenvalue weighted by atomic mass is 16.2. The number of benzene rings is 3. The maximum Gasteiger partial charge on any atom is 0.243 e. The van der Waals surface area contributed by atoms with Crippen molar-refractivity contribution in [2.24, 2.45) is 0 Å². The lowest BCUT2D eigenvalue weighted by atomic mass is 10.1. The quantitative estimate of drug-likeness (QED) is 0.528. The number of aryl methyl sites for hydroxylation is 2. The van der Waals surface area contributed by atoms with Crippen LogP contribution in [0.15, 0.2) is 78.9 Å². The van der Waals surface area contributed by atoms with Crippen LogP contribution in [0.5, 0.6) is 0 Å². The van der Waals surface area contributed by atoms with Crippen LogP contribution in [0.1, 0.15) is 17.5 Å². The van der Waals surface area contributed by atoms with Crippen molar-refractivity contribution < 1.29 is 9.59 Å². The fourth-order valence-electron chi connectivity index (χ4n) is 2.82. The minimum absolute atomic E-state index is 0.0213. The Bertz CT molecular complexity index is 936. The Morgan fingerprint density at radius 3 is 1.90 bits per heavy atom. The van der Waals surface area contributed by atoms with Gasteiger partial charge in [-0.25, -0.2) is 0 Å². The first kappa shape index (κ1) is 20.1. The van der Waals surface area contributed by atoms with Crippen LogP contribution in [-0.4, -0.2) is 18.4 Å². The molecule has 2 amide bonds. The van der Waals surface area contributed by atoms with E-state index in [1.165, 1.54) is 0 Å². The van der Waals surface area contributed by atoms with E-state index >= 15 is 0 Å². The van der Waals surface area contributed by atoms with Crippen molar-refractivity contribution >= 4 is 28.9 Å². The Labute approximate surface area is 171 Å². The van der Waals surface area contributed by atoms with Gasteiger partial charge in [-0.05, 0) is 55.3 Å². The van der Waals surface area contributed by atoms with Gasteiger partial charge in [0.15, 0.2) is 0 Å². The lowest BCUT2D eigenvalue weighted by Crippen LogP contribution is -2.21. The zero-order valence-electron chi connectivity index (χ0n) is 16.4. The molecule has 3 aromatic rings. The third-order valence-electron chi connectivity index (χ3n) is 4.44. The number of anilines is 3. The molecular formula is C24H25N3O2. The predicted molar refractivity (Wildman–Crippen MR) is 118 cm³/mol. The van der Waals surface area contributed by atoms with E-state index in [9.17, 15) is 9.59 Å². The van der Waals surface area contributed by atoms with E-state index in [0.29, 0.717) is 12.8 Å². The average molecular weight is 387 g/mol. The van der Waals surface area contributed by atoms with Crippen LogP contribution in [0.25, 0.3) is 0 Å². The van der Waals surface area contributed by atoms with Gasteiger partial charge in [0, 0.05) is 23.5 Å². The number of nitrogens with one attached hydrogen (secondary N) is 3. The maximum absolute atomic E-state index is 12.1. The van der Waals surface area contributed by atoms with Crippen LogP contribution in [0.2, 0.25) is 0 Å². The fraction of sp³-hybridized carbons (Fsp3) is 0.167. The second kappa shape index (κ2) is 10.1. The van der Waals surface area contributed by atoms with Crippen LogP contribution >= 0.6 is 0 Å². The number of carbonyl (C=O) groups is 2. The van der Waals surface area contributed by atoms with Gasteiger partial charge in [-0.3, -0.25) is 9.59 Å². The third-order valence-corrected chi connectivity index (χ3v) is 4.44. The fourth-order valence-corrected chi connectivity index (χ4v) is 2.82. The van der Waals surface area contributed by atoms with Crippen LogP contribution in [0.4, 0.5) is 17.1 Å². The van der Waals surface area contributed by atoms with E-state index < -0.39 is 0 Å². The number of rotatable bonds is 8. The summed E-state index contributed by atoms with van der Waals surface area (Å²) in [4.78, 5) is 24.1. The molecule has 0 radical (unpaired) electrons. The summed E-state index contributed by atoms with van der Waals surface area (Å²) in [5.41, 5.74) is 4.61. The molecule has 0 saturated heterocycles. The molecule has 0 spiro atoms. The van der Waals surface area contributed by atoms with E-state index in [0.717, 1.165) is 28.2 Å². The van der Waals surface area contributed by atoms with E-state index in [1.807, 2.05) is 85.8 Å². The highest BCUT2D eigenvalue weighted by Crippen LogP contribution is 2.14. The molecule has 0 aliphatic rings. The normalized spacial score (nSPS) is 10.2. The molecule has 0 saturated carbocycles. The van der Waals surface area contributed by atoms with Crippen LogP contribution in [0.3, 0.4) is 0 Å². The van der Waals surface area contributed by atoms with Gasteiger partial charge in [0.1, 0.15) is 0 Å². The molecular weight excluding hydrogens is 362 g/mol. The van der Waals surface area contributed by atoms with Crippen molar-refractivity contribution in [3.05, 3.63) is 90.0 Å². The highest BCUT2D eigenvalue weighted by Gasteiger charge is 2.05. The van der Waals surface area contributed by atoms with Crippen LogP contribution in [0, 0.1) is 6.92 Å². The molecule has 29 heavy (non-hydrogen) atoms. The molecule has 0 aliphatic carbocycles. The smallest absolute Gasteiger partial charge is 0.243 e. The number of amides is 2. The zero-order chi connectivity index (χ0) is 20.5. The van der Waals surface area contributed by atoms with Crippen molar-refractivity contribution in [3.8, 4) is 0 Å². The van der Waals surface area contributed by atoms with Crippen molar-refractivity contribution in [1.82, 2.24) is 0 Å². The average Bonchev–Trinajstić information content (AvgIpc) is 2.74. The van der Waals surface area contributed by atoms with Gasteiger partial charge in [-0.2, -0.15) is 0 Å². The van der Waals surface area contributed by atoms with Gasteiger partial charge >= 0.3 is 0 Å². The van der Waals surface area contributed by atoms with E-state index in [1.54, 1.807) is 0 Å². The van der Waals surface area contributed by atoms with Gasteiger partial charge in [-0.1, -0.05) is 48.0 Å². The molecule has 0 bridgehead atoms. The molecule has 3 aromatic carbocycles. The van der Waals surface area contributed by atoms with Gasteiger partial charge in [0.05, 0.1) is 6.54 Å². The maximum atomic E-state index is 12.1. The van der Waals surface area contributed by atoms with Crippen LogP contribution in [-0.2, 0) is 16.0 Å². The standard InChI is InChI=1S/C24H25N3O2/c1-18-7-10-21(11-8-18)27-24(29)17-25-20-12-14-22(15-13-20)26-23(28)16-9-19-5-3-2-4-6-19/h2-8,10-15,25H,9,16-17H2,1H3,(H,26,28)(H,27,29). The van der Waals surface area contributed by atoms with Gasteiger partial charge in [0.2, 0.25) is 11.8 Å². The molecule has 3 rings (SSSR count). The minimum atomic E-state index is -0.118. The molecule has 0 unspecified atom stereocenters. The molecule has 0 aromatic heterocycles. The third kappa shape index (κ3) is 6.81. The molecule has 0 aliphatic heterocycles. The van der Waals surface area contributed by atoms with E-state index in [-0.39, 0.29) is 18.4 Å². The van der Waals surface area contributed by atoms with Crippen molar-refractivity contribution in [2.75, 3.05) is 22.5 Å². The summed E-state index contributed by atoms with van der Waals surface area (Å²) in [7, 11) is 0. The first-order valence-corrected chi connectivity index (χ1v) is 9.63. The first-order valence-electron chi connectivity index (χ1n) is 9.63. The lowest BCUT2D eigenvalue weighted by Gasteiger charge is -2.10. The van der Waals surface area contributed by atoms with E-state index in [2.05, 4.69) is 16.0 Å². The zero-order valence-corrected chi connectivity index (χ0v) is 16.4. The van der Waals surface area contributed by atoms with Gasteiger partial charge in [-0.15, -0.1) is 0 Å². The molecule has 5 heteroatoms. The molecule has 5 nitrogen and oxygen atoms in total. The Morgan fingerprint density at radius 1 is 0.690 bits per heavy atom. The number of carbonyl (C=O) groups excluding carboxylic acids is 2. The molecule has 3 N–H and O–H groups in total.